The molecule has 0 amide bonds. The average molecular weight is 269 g/mol. The van der Waals surface area contributed by atoms with Crippen LogP contribution in [0.2, 0.25) is 0 Å². The molecular formula is C13H19NO3S. The first-order valence-corrected chi connectivity index (χ1v) is 7.72. The lowest BCUT2D eigenvalue weighted by atomic mass is 9.93. The molecule has 2 atom stereocenters. The van der Waals surface area contributed by atoms with Crippen molar-refractivity contribution in [3.8, 4) is 0 Å². The van der Waals surface area contributed by atoms with Gasteiger partial charge in [0.15, 0.2) is 0 Å². The van der Waals surface area contributed by atoms with Crippen molar-refractivity contribution in [2.45, 2.75) is 25.0 Å². The molecule has 0 aliphatic carbocycles. The van der Waals surface area contributed by atoms with E-state index < -0.39 is 15.3 Å². The minimum absolute atomic E-state index is 0.0449. The van der Waals surface area contributed by atoms with Gasteiger partial charge >= 0.3 is 0 Å². The number of sulfonamides is 1. The molecule has 1 aromatic carbocycles. The first-order valence-electron chi connectivity index (χ1n) is 6.12. The molecule has 5 heteroatoms. The fourth-order valence-corrected chi connectivity index (χ4v) is 3.56. The lowest BCUT2D eigenvalue weighted by molar-refractivity contribution is 0.0572. The van der Waals surface area contributed by atoms with Gasteiger partial charge in [-0.05, 0) is 25.3 Å². The number of hydrogen-bond acceptors (Lipinski definition) is 3. The number of primary sulfonamides is 1. The summed E-state index contributed by atoms with van der Waals surface area (Å²) >= 11 is 0. The molecule has 1 heterocycles. The van der Waals surface area contributed by atoms with Crippen LogP contribution in [0, 0.1) is 12.8 Å². The van der Waals surface area contributed by atoms with E-state index in [1.165, 1.54) is 5.56 Å². The molecule has 0 saturated carbocycles. The fraction of sp³-hybridized carbons (Fsp3) is 0.538. The molecule has 1 aliphatic rings. The van der Waals surface area contributed by atoms with Crippen LogP contribution in [0.1, 0.15) is 17.5 Å². The Kier molecular flexibility index (Phi) is 4.04. The second kappa shape index (κ2) is 5.38. The Bertz CT molecular complexity index is 495. The maximum atomic E-state index is 11.6. The molecule has 4 nitrogen and oxygen atoms in total. The summed E-state index contributed by atoms with van der Waals surface area (Å²) in [6.07, 6.45) is 1.19. The summed E-state index contributed by atoms with van der Waals surface area (Å²) in [5.74, 6) is -0.0449. The van der Waals surface area contributed by atoms with Crippen molar-refractivity contribution in [3.05, 3.63) is 35.4 Å². The largest absolute Gasteiger partial charge is 0.381 e. The van der Waals surface area contributed by atoms with Crippen molar-refractivity contribution in [2.75, 3.05) is 13.2 Å². The highest BCUT2D eigenvalue weighted by Crippen LogP contribution is 2.24. The van der Waals surface area contributed by atoms with Gasteiger partial charge in [0.1, 0.15) is 0 Å². The van der Waals surface area contributed by atoms with Crippen LogP contribution in [0.3, 0.4) is 0 Å². The van der Waals surface area contributed by atoms with Gasteiger partial charge in [0.25, 0.3) is 0 Å². The quantitative estimate of drug-likeness (QED) is 0.897. The number of aryl methyl sites for hydroxylation is 1. The Labute approximate surface area is 108 Å². The number of hydrogen-bond donors (Lipinski definition) is 1. The Morgan fingerprint density at radius 1 is 1.33 bits per heavy atom. The standard InChI is InChI=1S/C13H19NO3S/c1-10-2-4-11(5-3-10)8-12-9-17-7-6-13(12)18(14,15)16/h2-5,12-13H,6-9H2,1H3,(H2,14,15,16)/t12-,13+/m1/s1. The number of benzene rings is 1. The van der Waals surface area contributed by atoms with Crippen LogP contribution >= 0.6 is 0 Å². The van der Waals surface area contributed by atoms with E-state index in [2.05, 4.69) is 0 Å². The summed E-state index contributed by atoms with van der Waals surface area (Å²) in [7, 11) is -3.48. The zero-order chi connectivity index (χ0) is 13.2. The van der Waals surface area contributed by atoms with E-state index in [4.69, 9.17) is 9.88 Å². The summed E-state index contributed by atoms with van der Waals surface area (Å²) in [5.41, 5.74) is 2.33. The fourth-order valence-electron chi connectivity index (χ4n) is 2.43. The Balaban J connectivity index is 2.13. The molecular weight excluding hydrogens is 250 g/mol. The molecule has 1 saturated heterocycles. The van der Waals surface area contributed by atoms with Crippen molar-refractivity contribution < 1.29 is 13.2 Å². The van der Waals surface area contributed by atoms with Crippen LogP contribution in [0.15, 0.2) is 24.3 Å². The summed E-state index contributed by atoms with van der Waals surface area (Å²) in [6, 6.07) is 8.13. The second-order valence-corrected chi connectivity index (χ2v) is 6.72. The van der Waals surface area contributed by atoms with E-state index in [1.54, 1.807) is 0 Å². The predicted octanol–water partition coefficient (Wildman–Crippen LogP) is 1.23. The summed E-state index contributed by atoms with van der Waals surface area (Å²) in [4.78, 5) is 0. The molecule has 0 unspecified atom stereocenters. The van der Waals surface area contributed by atoms with E-state index >= 15 is 0 Å². The third-order valence-electron chi connectivity index (χ3n) is 3.44. The third-order valence-corrected chi connectivity index (χ3v) is 4.91. The maximum absolute atomic E-state index is 11.6. The molecule has 100 valence electrons. The van der Waals surface area contributed by atoms with E-state index in [-0.39, 0.29) is 5.92 Å². The normalized spacial score (nSPS) is 25.0. The van der Waals surface area contributed by atoms with Gasteiger partial charge < -0.3 is 4.74 Å². The van der Waals surface area contributed by atoms with Gasteiger partial charge in [-0.2, -0.15) is 0 Å². The van der Waals surface area contributed by atoms with Crippen molar-refractivity contribution in [1.82, 2.24) is 0 Å². The van der Waals surface area contributed by atoms with Crippen LogP contribution in [0.25, 0.3) is 0 Å². The Hall–Kier alpha value is -0.910. The van der Waals surface area contributed by atoms with Gasteiger partial charge in [0, 0.05) is 12.5 Å². The third kappa shape index (κ3) is 3.31. The van der Waals surface area contributed by atoms with E-state index in [9.17, 15) is 8.42 Å². The Morgan fingerprint density at radius 3 is 2.61 bits per heavy atom. The summed E-state index contributed by atoms with van der Waals surface area (Å²) in [6.45, 7) is 2.97. The predicted molar refractivity (Wildman–Crippen MR) is 70.7 cm³/mol. The molecule has 1 fully saturated rings. The van der Waals surface area contributed by atoms with Crippen molar-refractivity contribution in [1.29, 1.82) is 0 Å². The Morgan fingerprint density at radius 2 is 2.00 bits per heavy atom. The number of ether oxygens (including phenoxy) is 1. The zero-order valence-corrected chi connectivity index (χ0v) is 11.3. The monoisotopic (exact) mass is 269 g/mol. The maximum Gasteiger partial charge on any atom is 0.212 e. The van der Waals surface area contributed by atoms with Crippen molar-refractivity contribution >= 4 is 10.0 Å². The average Bonchev–Trinajstić information content (AvgIpc) is 2.31. The molecule has 0 spiro atoms. The first-order chi connectivity index (χ1) is 8.47. The second-order valence-electron chi connectivity index (χ2n) is 4.94. The molecule has 0 bridgehead atoms. The van der Waals surface area contributed by atoms with Crippen LogP contribution < -0.4 is 5.14 Å². The van der Waals surface area contributed by atoms with E-state index in [0.717, 1.165) is 5.56 Å². The van der Waals surface area contributed by atoms with Crippen molar-refractivity contribution in [3.63, 3.8) is 0 Å². The van der Waals surface area contributed by atoms with Crippen LogP contribution in [0.4, 0.5) is 0 Å². The molecule has 2 rings (SSSR count). The van der Waals surface area contributed by atoms with Gasteiger partial charge in [0.05, 0.1) is 11.9 Å². The first kappa shape index (κ1) is 13.5. The minimum atomic E-state index is -3.48. The zero-order valence-electron chi connectivity index (χ0n) is 10.5. The molecule has 2 N–H and O–H groups in total. The number of nitrogens with two attached hydrogens (primary N) is 1. The lowest BCUT2D eigenvalue weighted by Gasteiger charge is -2.29. The molecule has 1 aliphatic heterocycles. The molecule has 0 aromatic heterocycles. The summed E-state index contributed by atoms with van der Waals surface area (Å²) < 4.78 is 28.5. The molecule has 0 radical (unpaired) electrons. The van der Waals surface area contributed by atoms with Crippen molar-refractivity contribution in [2.24, 2.45) is 11.1 Å². The van der Waals surface area contributed by atoms with E-state index in [0.29, 0.717) is 26.1 Å². The lowest BCUT2D eigenvalue weighted by Crippen LogP contribution is -2.42. The van der Waals surface area contributed by atoms with Gasteiger partial charge in [-0.25, -0.2) is 13.6 Å². The van der Waals surface area contributed by atoms with E-state index in [1.807, 2.05) is 31.2 Å². The topological polar surface area (TPSA) is 69.4 Å². The van der Waals surface area contributed by atoms with Crippen LogP contribution in [-0.2, 0) is 21.2 Å². The highest BCUT2D eigenvalue weighted by Gasteiger charge is 2.33. The minimum Gasteiger partial charge on any atom is -0.381 e. The molecule has 18 heavy (non-hydrogen) atoms. The van der Waals surface area contributed by atoms with Gasteiger partial charge in [-0.1, -0.05) is 29.8 Å². The van der Waals surface area contributed by atoms with Crippen LogP contribution in [-0.4, -0.2) is 26.9 Å². The SMILES string of the molecule is Cc1ccc(C[C@@H]2COCC[C@@H]2S(N)(=O)=O)cc1. The highest BCUT2D eigenvalue weighted by atomic mass is 32.2. The van der Waals surface area contributed by atoms with Gasteiger partial charge in [-0.15, -0.1) is 0 Å². The smallest absolute Gasteiger partial charge is 0.212 e. The van der Waals surface area contributed by atoms with Gasteiger partial charge in [0.2, 0.25) is 10.0 Å². The van der Waals surface area contributed by atoms with Gasteiger partial charge in [-0.3, -0.25) is 0 Å². The number of rotatable bonds is 3. The molecule has 1 aromatic rings. The highest BCUT2D eigenvalue weighted by molar-refractivity contribution is 7.89. The summed E-state index contributed by atoms with van der Waals surface area (Å²) in [5, 5.41) is 4.82. The van der Waals surface area contributed by atoms with Crippen LogP contribution in [0.5, 0.6) is 0 Å².